The summed E-state index contributed by atoms with van der Waals surface area (Å²) in [6.45, 7) is 2.34. The lowest BCUT2D eigenvalue weighted by molar-refractivity contribution is 0.408. The van der Waals surface area contributed by atoms with Gasteiger partial charge in [0.15, 0.2) is 9.84 Å². The number of sulfonamides is 1. The molecule has 7 heteroatoms. The molecule has 162 valence electrons. The van der Waals surface area contributed by atoms with Gasteiger partial charge in [0.25, 0.3) is 0 Å². The summed E-state index contributed by atoms with van der Waals surface area (Å²) in [4.78, 5) is 0.412. The van der Waals surface area contributed by atoms with Crippen molar-refractivity contribution in [3.63, 3.8) is 0 Å². The van der Waals surface area contributed by atoms with Gasteiger partial charge in [0, 0.05) is 12.6 Å². The third kappa shape index (κ3) is 4.59. The first kappa shape index (κ1) is 21.7. The molecule has 5 nitrogen and oxygen atoms in total. The predicted molar refractivity (Wildman–Crippen MR) is 122 cm³/mol. The van der Waals surface area contributed by atoms with E-state index in [1.807, 2.05) is 25.1 Å². The molecule has 0 radical (unpaired) electrons. The topological polar surface area (TPSA) is 71.5 Å². The van der Waals surface area contributed by atoms with Gasteiger partial charge < -0.3 is 0 Å². The fraction of sp³-hybridized carbons (Fsp3) is 0.250. The second-order valence-corrected chi connectivity index (χ2v) is 11.8. The molecule has 4 rings (SSSR count). The van der Waals surface area contributed by atoms with Crippen molar-refractivity contribution in [1.82, 2.24) is 4.31 Å². The van der Waals surface area contributed by atoms with E-state index in [-0.39, 0.29) is 15.5 Å². The van der Waals surface area contributed by atoms with Crippen LogP contribution in [-0.4, -0.2) is 39.5 Å². The zero-order valence-corrected chi connectivity index (χ0v) is 18.9. The van der Waals surface area contributed by atoms with Crippen LogP contribution in [0.3, 0.4) is 0 Å². The van der Waals surface area contributed by atoms with Crippen molar-refractivity contribution < 1.29 is 16.8 Å². The first-order chi connectivity index (χ1) is 14.8. The first-order valence-electron chi connectivity index (χ1n) is 10.2. The van der Waals surface area contributed by atoms with E-state index in [1.165, 1.54) is 4.31 Å². The smallest absolute Gasteiger partial charge is 0.224 e. The minimum absolute atomic E-state index is 0.188. The lowest BCUT2D eigenvalue weighted by atomic mass is 10.0. The molecule has 1 aliphatic rings. The van der Waals surface area contributed by atoms with Crippen LogP contribution in [0.2, 0.25) is 0 Å². The van der Waals surface area contributed by atoms with Crippen molar-refractivity contribution in [2.75, 3.05) is 12.3 Å². The normalized spacial score (nSPS) is 17.6. The molecule has 0 N–H and O–H groups in total. The van der Waals surface area contributed by atoms with E-state index >= 15 is 0 Å². The summed E-state index contributed by atoms with van der Waals surface area (Å²) in [6, 6.07) is 22.5. The van der Waals surface area contributed by atoms with Crippen LogP contribution >= 0.6 is 0 Å². The molecule has 1 fully saturated rings. The van der Waals surface area contributed by atoms with E-state index in [0.717, 1.165) is 16.7 Å². The van der Waals surface area contributed by atoms with Gasteiger partial charge >= 0.3 is 0 Å². The number of rotatable bonds is 6. The molecular weight excluding hydrogens is 430 g/mol. The van der Waals surface area contributed by atoms with Gasteiger partial charge in [0.1, 0.15) is 0 Å². The highest BCUT2D eigenvalue weighted by molar-refractivity contribution is 7.91. The van der Waals surface area contributed by atoms with Gasteiger partial charge in [-0.3, -0.25) is 0 Å². The molecule has 1 saturated heterocycles. The predicted octanol–water partition coefficient (Wildman–Crippen LogP) is 4.29. The first-order valence-corrected chi connectivity index (χ1v) is 13.3. The van der Waals surface area contributed by atoms with Gasteiger partial charge in [-0.1, -0.05) is 60.2 Å². The van der Waals surface area contributed by atoms with Gasteiger partial charge in [-0.2, -0.15) is 4.31 Å². The molecule has 0 amide bonds. The minimum Gasteiger partial charge on any atom is -0.224 e. The molecule has 1 unspecified atom stereocenters. The Hall–Kier alpha value is -2.48. The summed E-state index contributed by atoms with van der Waals surface area (Å²) in [5, 5.41) is 0. The molecule has 3 aromatic carbocycles. The van der Waals surface area contributed by atoms with E-state index in [0.29, 0.717) is 19.4 Å². The summed E-state index contributed by atoms with van der Waals surface area (Å²) in [5.74, 6) is -0.211. The molecule has 31 heavy (non-hydrogen) atoms. The van der Waals surface area contributed by atoms with Crippen molar-refractivity contribution in [2.45, 2.75) is 35.6 Å². The summed E-state index contributed by atoms with van der Waals surface area (Å²) in [7, 11) is -7.35. The quantitative estimate of drug-likeness (QED) is 0.556. The average Bonchev–Trinajstić information content (AvgIpc) is 3.23. The number of hydrogen-bond donors (Lipinski definition) is 0. The highest BCUT2D eigenvalue weighted by Gasteiger charge is 2.38. The number of sulfone groups is 1. The maximum absolute atomic E-state index is 13.3. The van der Waals surface area contributed by atoms with Crippen LogP contribution in [0.15, 0.2) is 88.7 Å². The van der Waals surface area contributed by atoms with E-state index in [2.05, 4.69) is 6.07 Å². The summed E-state index contributed by atoms with van der Waals surface area (Å²) in [6.07, 6.45) is 1.18. The van der Waals surface area contributed by atoms with Gasteiger partial charge in [-0.15, -0.1) is 0 Å². The van der Waals surface area contributed by atoms with Crippen LogP contribution in [0.4, 0.5) is 0 Å². The van der Waals surface area contributed by atoms with E-state index in [4.69, 9.17) is 0 Å². The molecule has 0 saturated carbocycles. The number of nitrogens with zero attached hydrogens (tertiary/aromatic N) is 1. The second kappa shape index (κ2) is 8.57. The Kier molecular flexibility index (Phi) is 6.01. The van der Waals surface area contributed by atoms with Crippen molar-refractivity contribution >= 4 is 19.9 Å². The number of benzene rings is 3. The van der Waals surface area contributed by atoms with Crippen LogP contribution in [-0.2, 0) is 19.9 Å². The molecule has 1 atom stereocenters. The SMILES string of the molecule is Cc1cccc(-c2ccc(S(=O)(=O)N3CCCC3CS(=O)(=O)c3ccccc3)cc2)c1. The van der Waals surface area contributed by atoms with Crippen LogP contribution < -0.4 is 0 Å². The molecule has 0 bridgehead atoms. The highest BCUT2D eigenvalue weighted by atomic mass is 32.2. The Morgan fingerprint density at radius 2 is 1.52 bits per heavy atom. The van der Waals surface area contributed by atoms with E-state index in [1.54, 1.807) is 54.6 Å². The lowest BCUT2D eigenvalue weighted by Crippen LogP contribution is -2.39. The Balaban J connectivity index is 1.57. The highest BCUT2D eigenvalue weighted by Crippen LogP contribution is 2.30. The Morgan fingerprint density at radius 3 is 2.19 bits per heavy atom. The van der Waals surface area contributed by atoms with Crippen LogP contribution in [0.1, 0.15) is 18.4 Å². The fourth-order valence-electron chi connectivity index (χ4n) is 4.05. The molecule has 1 aliphatic heterocycles. The lowest BCUT2D eigenvalue weighted by Gasteiger charge is -2.24. The summed E-state index contributed by atoms with van der Waals surface area (Å²) >= 11 is 0. The van der Waals surface area contributed by atoms with Crippen molar-refractivity contribution in [3.05, 3.63) is 84.4 Å². The summed E-state index contributed by atoms with van der Waals surface area (Å²) in [5.41, 5.74) is 3.10. The molecule has 0 aromatic heterocycles. The third-order valence-electron chi connectivity index (χ3n) is 5.65. The Morgan fingerprint density at radius 1 is 0.806 bits per heavy atom. The number of aryl methyl sites for hydroxylation is 1. The van der Waals surface area contributed by atoms with Crippen molar-refractivity contribution in [1.29, 1.82) is 0 Å². The van der Waals surface area contributed by atoms with Crippen molar-refractivity contribution in [2.24, 2.45) is 0 Å². The molecule has 0 spiro atoms. The number of hydrogen-bond acceptors (Lipinski definition) is 4. The fourth-order valence-corrected chi connectivity index (χ4v) is 7.45. The van der Waals surface area contributed by atoms with Crippen molar-refractivity contribution in [3.8, 4) is 11.1 Å². The van der Waals surface area contributed by atoms with Gasteiger partial charge in [0.2, 0.25) is 10.0 Å². The molecule has 3 aromatic rings. The molecule has 0 aliphatic carbocycles. The van der Waals surface area contributed by atoms with Gasteiger partial charge in [0.05, 0.1) is 15.5 Å². The maximum atomic E-state index is 13.3. The Labute approximate surface area is 184 Å². The second-order valence-electron chi connectivity index (χ2n) is 7.90. The summed E-state index contributed by atoms with van der Waals surface area (Å²) < 4.78 is 53.6. The Bertz CT molecular complexity index is 1270. The average molecular weight is 456 g/mol. The zero-order valence-electron chi connectivity index (χ0n) is 17.3. The van der Waals surface area contributed by atoms with Crippen LogP contribution in [0.5, 0.6) is 0 Å². The molecular formula is C24H25NO4S2. The monoisotopic (exact) mass is 455 g/mol. The zero-order chi connectivity index (χ0) is 22.1. The maximum Gasteiger partial charge on any atom is 0.243 e. The van der Waals surface area contributed by atoms with E-state index < -0.39 is 25.9 Å². The third-order valence-corrected chi connectivity index (χ3v) is 9.43. The van der Waals surface area contributed by atoms with Gasteiger partial charge in [-0.05, 0) is 55.2 Å². The van der Waals surface area contributed by atoms with Crippen LogP contribution in [0.25, 0.3) is 11.1 Å². The minimum atomic E-state index is -3.78. The van der Waals surface area contributed by atoms with Gasteiger partial charge in [-0.25, -0.2) is 16.8 Å². The standard InChI is InChI=1S/C24H25NO4S2/c1-19-7-5-8-21(17-19)20-12-14-24(15-13-20)31(28,29)25-16-6-9-22(25)18-30(26,27)23-10-3-2-4-11-23/h2-5,7-8,10-15,17,22H,6,9,16,18H2,1H3. The van der Waals surface area contributed by atoms with E-state index in [9.17, 15) is 16.8 Å². The largest absolute Gasteiger partial charge is 0.243 e. The molecule has 1 heterocycles. The van der Waals surface area contributed by atoms with Crippen LogP contribution in [0, 0.1) is 6.92 Å².